The molecule has 0 rings (SSSR count). The van der Waals surface area contributed by atoms with Crippen molar-refractivity contribution in [3.8, 4) is 0 Å². The van der Waals surface area contributed by atoms with E-state index >= 15 is 0 Å². The largest absolute Gasteiger partial charge is 0.325 e. The first kappa shape index (κ1) is 7.66. The molecule has 0 atom stereocenters. The molecule has 46 valence electrons. The van der Waals surface area contributed by atoms with Gasteiger partial charge in [0, 0.05) is 13.1 Å². The highest BCUT2D eigenvalue weighted by Gasteiger charge is 1.85. The van der Waals surface area contributed by atoms with Crippen LogP contribution in [-0.4, -0.2) is 28.1 Å². The molecule has 0 unspecified atom stereocenters. The van der Waals surface area contributed by atoms with E-state index in [9.17, 15) is 0 Å². The van der Waals surface area contributed by atoms with Crippen LogP contribution in [0.15, 0.2) is 25.3 Å². The molecule has 0 bridgehead atoms. The molecule has 0 saturated heterocycles. The van der Waals surface area contributed by atoms with Gasteiger partial charge in [0.25, 0.3) is 0 Å². The van der Waals surface area contributed by atoms with Crippen LogP contribution in [0.1, 0.15) is 0 Å². The van der Waals surface area contributed by atoms with Gasteiger partial charge in [-0.25, -0.2) is 0 Å². The Balaban J connectivity index is 3.16. The standard InChI is InChI=1S/C6H13NSi/c1-3-5-7(8)6-4-2/h3-4H,1-2,5-6H2,8H3. The van der Waals surface area contributed by atoms with E-state index in [-0.39, 0.29) is 0 Å². The minimum Gasteiger partial charge on any atom is -0.325 e. The lowest BCUT2D eigenvalue weighted by Gasteiger charge is -2.09. The van der Waals surface area contributed by atoms with E-state index in [0.717, 1.165) is 23.5 Å². The SMILES string of the molecule is C=CCN([SiH3])CC=C. The van der Waals surface area contributed by atoms with Crippen LogP contribution in [0.2, 0.25) is 0 Å². The molecule has 0 aromatic carbocycles. The summed E-state index contributed by atoms with van der Waals surface area (Å²) in [6.07, 6.45) is 3.83. The third-order valence-electron chi connectivity index (χ3n) is 0.882. The Morgan fingerprint density at radius 1 is 1.25 bits per heavy atom. The molecule has 0 aromatic rings. The Bertz CT molecular complexity index is 70.6. The summed E-state index contributed by atoms with van der Waals surface area (Å²) in [5.41, 5.74) is 0. The average Bonchev–Trinajstić information content (AvgIpc) is 1.68. The first-order valence-corrected chi connectivity index (χ1v) is 3.61. The average molecular weight is 127 g/mol. The van der Waals surface area contributed by atoms with Crippen molar-refractivity contribution in [1.82, 2.24) is 4.57 Å². The van der Waals surface area contributed by atoms with Crippen LogP contribution >= 0.6 is 0 Å². The van der Waals surface area contributed by atoms with Gasteiger partial charge in [-0.2, -0.15) is 0 Å². The molecule has 0 aliphatic rings. The fourth-order valence-electron chi connectivity index (χ4n) is 0.515. The van der Waals surface area contributed by atoms with E-state index in [4.69, 9.17) is 0 Å². The van der Waals surface area contributed by atoms with Crippen LogP contribution in [0.5, 0.6) is 0 Å². The first-order chi connectivity index (χ1) is 3.81. The van der Waals surface area contributed by atoms with Crippen LogP contribution in [0.4, 0.5) is 0 Å². The van der Waals surface area contributed by atoms with Gasteiger partial charge in [0.1, 0.15) is 0 Å². The smallest absolute Gasteiger partial charge is 0.0792 e. The molecule has 8 heavy (non-hydrogen) atoms. The normalized spacial score (nSPS) is 9.62. The van der Waals surface area contributed by atoms with Crippen molar-refractivity contribution in [3.63, 3.8) is 0 Å². The quantitative estimate of drug-likeness (QED) is 0.378. The fourth-order valence-corrected chi connectivity index (χ4v) is 1.03. The third-order valence-corrected chi connectivity index (χ3v) is 1.61. The fraction of sp³-hybridized carbons (Fsp3) is 0.333. The van der Waals surface area contributed by atoms with Crippen LogP contribution < -0.4 is 0 Å². The highest BCUT2D eigenvalue weighted by molar-refractivity contribution is 6.04. The maximum absolute atomic E-state index is 3.63. The van der Waals surface area contributed by atoms with Crippen molar-refractivity contribution in [1.29, 1.82) is 0 Å². The third kappa shape index (κ3) is 3.83. The van der Waals surface area contributed by atoms with Crippen molar-refractivity contribution >= 4 is 10.4 Å². The zero-order valence-corrected chi connectivity index (χ0v) is 7.43. The van der Waals surface area contributed by atoms with Crippen LogP contribution in [0, 0.1) is 0 Å². The monoisotopic (exact) mass is 127 g/mol. The van der Waals surface area contributed by atoms with E-state index in [1.165, 1.54) is 0 Å². The van der Waals surface area contributed by atoms with Crippen molar-refractivity contribution < 1.29 is 0 Å². The Kier molecular flexibility index (Phi) is 4.60. The Morgan fingerprint density at radius 3 is 1.88 bits per heavy atom. The van der Waals surface area contributed by atoms with Crippen molar-refractivity contribution in [3.05, 3.63) is 25.3 Å². The maximum atomic E-state index is 3.63. The van der Waals surface area contributed by atoms with Crippen LogP contribution in [0.3, 0.4) is 0 Å². The van der Waals surface area contributed by atoms with Gasteiger partial charge in [-0.3, -0.25) is 0 Å². The Morgan fingerprint density at radius 2 is 1.62 bits per heavy atom. The Hall–Kier alpha value is -0.343. The van der Waals surface area contributed by atoms with Crippen molar-refractivity contribution in [2.45, 2.75) is 0 Å². The van der Waals surface area contributed by atoms with Gasteiger partial charge >= 0.3 is 0 Å². The minimum absolute atomic E-state index is 0.998. The Labute approximate surface area is 54.2 Å². The summed E-state index contributed by atoms with van der Waals surface area (Å²) in [5, 5.41) is 0. The van der Waals surface area contributed by atoms with E-state index in [0.29, 0.717) is 0 Å². The van der Waals surface area contributed by atoms with Gasteiger partial charge in [0.05, 0.1) is 10.4 Å². The number of nitrogens with zero attached hydrogens (tertiary/aromatic N) is 1. The molecule has 2 heteroatoms. The molecule has 0 aliphatic carbocycles. The number of rotatable bonds is 4. The number of hydrogen-bond donors (Lipinski definition) is 0. The van der Waals surface area contributed by atoms with E-state index in [1.54, 1.807) is 0 Å². The lowest BCUT2D eigenvalue weighted by molar-refractivity contribution is 0.558. The predicted molar refractivity (Wildman–Crippen MR) is 41.9 cm³/mol. The molecule has 0 heterocycles. The van der Waals surface area contributed by atoms with Crippen LogP contribution in [0.25, 0.3) is 0 Å². The minimum atomic E-state index is 0.998. The zero-order valence-electron chi connectivity index (χ0n) is 5.43. The molecule has 0 aliphatic heterocycles. The second-order valence-corrected chi connectivity index (χ2v) is 3.06. The summed E-state index contributed by atoms with van der Waals surface area (Å²) in [6, 6.07) is 0. The molecule has 0 fully saturated rings. The summed E-state index contributed by atoms with van der Waals surface area (Å²) < 4.78 is 2.26. The summed E-state index contributed by atoms with van der Waals surface area (Å²) in [6.45, 7) is 9.25. The lowest BCUT2D eigenvalue weighted by atomic mass is 10.5. The molecule has 0 saturated carbocycles. The van der Waals surface area contributed by atoms with Gasteiger partial charge in [-0.05, 0) is 0 Å². The molecule has 1 nitrogen and oxygen atoms in total. The summed E-state index contributed by atoms with van der Waals surface area (Å²) in [5.74, 6) is 0. The molecule has 0 spiro atoms. The van der Waals surface area contributed by atoms with Crippen molar-refractivity contribution in [2.75, 3.05) is 13.1 Å². The second kappa shape index (κ2) is 4.81. The van der Waals surface area contributed by atoms with Crippen LogP contribution in [-0.2, 0) is 0 Å². The molecular formula is C6H13NSi. The lowest BCUT2D eigenvalue weighted by Crippen LogP contribution is -2.19. The second-order valence-electron chi connectivity index (χ2n) is 1.80. The molecule has 0 amide bonds. The zero-order chi connectivity index (χ0) is 6.41. The van der Waals surface area contributed by atoms with Crippen molar-refractivity contribution in [2.24, 2.45) is 0 Å². The van der Waals surface area contributed by atoms with Gasteiger partial charge in [-0.15, -0.1) is 13.2 Å². The summed E-state index contributed by atoms with van der Waals surface area (Å²) in [4.78, 5) is 0. The molecule has 0 N–H and O–H groups in total. The summed E-state index contributed by atoms with van der Waals surface area (Å²) >= 11 is 0. The number of hydrogen-bond acceptors (Lipinski definition) is 1. The molecule has 0 aromatic heterocycles. The predicted octanol–water partition coefficient (Wildman–Crippen LogP) is -0.0592. The molecular weight excluding hydrogens is 114 g/mol. The first-order valence-electron chi connectivity index (χ1n) is 2.71. The highest BCUT2D eigenvalue weighted by atomic mass is 28.2. The highest BCUT2D eigenvalue weighted by Crippen LogP contribution is 1.78. The van der Waals surface area contributed by atoms with Gasteiger partial charge in [-0.1, -0.05) is 12.2 Å². The van der Waals surface area contributed by atoms with Gasteiger partial charge in [0.2, 0.25) is 0 Å². The van der Waals surface area contributed by atoms with E-state index in [1.807, 2.05) is 12.2 Å². The summed E-state index contributed by atoms with van der Waals surface area (Å²) in [7, 11) is 1.10. The van der Waals surface area contributed by atoms with E-state index < -0.39 is 0 Å². The van der Waals surface area contributed by atoms with Gasteiger partial charge < -0.3 is 4.57 Å². The molecule has 0 radical (unpaired) electrons. The maximum Gasteiger partial charge on any atom is 0.0792 e. The van der Waals surface area contributed by atoms with E-state index in [2.05, 4.69) is 17.7 Å². The van der Waals surface area contributed by atoms with Gasteiger partial charge in [0.15, 0.2) is 0 Å². The topological polar surface area (TPSA) is 3.24 Å².